The van der Waals surface area contributed by atoms with Crippen molar-refractivity contribution in [1.29, 1.82) is 0 Å². The summed E-state index contributed by atoms with van der Waals surface area (Å²) in [5.41, 5.74) is 2.29. The molecule has 0 radical (unpaired) electrons. The van der Waals surface area contributed by atoms with Gasteiger partial charge in [-0.1, -0.05) is 22.9 Å². The molecule has 1 rings (SSSR count). The third-order valence-corrected chi connectivity index (χ3v) is 3.25. The molecule has 5 heteroatoms. The SMILES string of the molecule is CCNCc1cc(Br)cc(C)c1OCCOCCOC. The molecule has 0 aliphatic heterocycles. The third kappa shape index (κ3) is 6.22. The average Bonchev–Trinajstić information content (AvgIpc) is 2.42. The Morgan fingerprint density at radius 3 is 2.60 bits per heavy atom. The van der Waals surface area contributed by atoms with Crippen molar-refractivity contribution in [3.8, 4) is 5.75 Å². The lowest BCUT2D eigenvalue weighted by Crippen LogP contribution is -2.15. The van der Waals surface area contributed by atoms with E-state index in [2.05, 4.69) is 47.2 Å². The molecule has 1 N–H and O–H groups in total. The Morgan fingerprint density at radius 2 is 1.90 bits per heavy atom. The van der Waals surface area contributed by atoms with E-state index >= 15 is 0 Å². The van der Waals surface area contributed by atoms with Gasteiger partial charge in [0.1, 0.15) is 12.4 Å². The molecule has 0 aliphatic rings. The van der Waals surface area contributed by atoms with Crippen LogP contribution < -0.4 is 10.1 Å². The number of nitrogens with one attached hydrogen (secondary N) is 1. The number of hydrogen-bond donors (Lipinski definition) is 1. The maximum absolute atomic E-state index is 5.87. The van der Waals surface area contributed by atoms with Gasteiger partial charge in [0.15, 0.2) is 0 Å². The van der Waals surface area contributed by atoms with Crippen LogP contribution in [-0.2, 0) is 16.0 Å². The molecule has 0 unspecified atom stereocenters. The summed E-state index contributed by atoms with van der Waals surface area (Å²) in [5, 5.41) is 3.33. The normalized spacial score (nSPS) is 10.8. The summed E-state index contributed by atoms with van der Waals surface area (Å²) >= 11 is 3.53. The topological polar surface area (TPSA) is 39.7 Å². The fourth-order valence-corrected chi connectivity index (χ4v) is 2.46. The second kappa shape index (κ2) is 10.2. The predicted molar refractivity (Wildman–Crippen MR) is 84.4 cm³/mol. The van der Waals surface area contributed by atoms with E-state index in [-0.39, 0.29) is 0 Å². The molecule has 20 heavy (non-hydrogen) atoms. The van der Waals surface area contributed by atoms with E-state index in [9.17, 15) is 0 Å². The van der Waals surface area contributed by atoms with E-state index in [1.54, 1.807) is 7.11 Å². The van der Waals surface area contributed by atoms with Gasteiger partial charge >= 0.3 is 0 Å². The van der Waals surface area contributed by atoms with Crippen LogP contribution in [0.25, 0.3) is 0 Å². The molecule has 0 bridgehead atoms. The van der Waals surface area contributed by atoms with Crippen molar-refractivity contribution < 1.29 is 14.2 Å². The van der Waals surface area contributed by atoms with Crippen LogP contribution in [0.15, 0.2) is 16.6 Å². The van der Waals surface area contributed by atoms with Gasteiger partial charge in [-0.05, 0) is 31.2 Å². The van der Waals surface area contributed by atoms with Gasteiger partial charge in [-0.3, -0.25) is 0 Å². The summed E-state index contributed by atoms with van der Waals surface area (Å²) in [6.07, 6.45) is 0. The first kappa shape index (κ1) is 17.4. The van der Waals surface area contributed by atoms with E-state index in [1.807, 2.05) is 0 Å². The Balaban J connectivity index is 2.53. The molecule has 0 fully saturated rings. The minimum absolute atomic E-state index is 0.547. The second-order valence-corrected chi connectivity index (χ2v) is 5.36. The summed E-state index contributed by atoms with van der Waals surface area (Å²) in [4.78, 5) is 0. The van der Waals surface area contributed by atoms with Gasteiger partial charge in [0.05, 0.1) is 19.8 Å². The van der Waals surface area contributed by atoms with Gasteiger partial charge in [0.2, 0.25) is 0 Å². The highest BCUT2D eigenvalue weighted by Gasteiger charge is 2.08. The largest absolute Gasteiger partial charge is 0.491 e. The zero-order chi connectivity index (χ0) is 14.8. The molecule has 4 nitrogen and oxygen atoms in total. The third-order valence-electron chi connectivity index (χ3n) is 2.79. The van der Waals surface area contributed by atoms with Crippen molar-refractivity contribution in [3.05, 3.63) is 27.7 Å². The molecular weight excluding hydrogens is 322 g/mol. The standard InChI is InChI=1S/C15H24BrNO3/c1-4-17-11-13-10-14(16)9-12(2)15(13)20-8-7-19-6-5-18-3/h9-10,17H,4-8,11H2,1-3H3. The minimum Gasteiger partial charge on any atom is -0.491 e. The molecule has 0 aromatic heterocycles. The Labute approximate surface area is 129 Å². The van der Waals surface area contributed by atoms with Crippen molar-refractivity contribution in [2.75, 3.05) is 40.1 Å². The van der Waals surface area contributed by atoms with E-state index < -0.39 is 0 Å². The molecule has 1 aromatic rings. The van der Waals surface area contributed by atoms with Crippen LogP contribution >= 0.6 is 15.9 Å². The molecule has 0 amide bonds. The summed E-state index contributed by atoms with van der Waals surface area (Å²) in [6.45, 7) is 8.22. The fraction of sp³-hybridized carbons (Fsp3) is 0.600. The number of hydrogen-bond acceptors (Lipinski definition) is 4. The van der Waals surface area contributed by atoms with Crippen LogP contribution in [0, 0.1) is 6.92 Å². The number of aryl methyl sites for hydroxylation is 1. The van der Waals surface area contributed by atoms with E-state index in [0.717, 1.165) is 34.4 Å². The van der Waals surface area contributed by atoms with Crippen LogP contribution in [0.2, 0.25) is 0 Å². The van der Waals surface area contributed by atoms with Crippen molar-refractivity contribution in [1.82, 2.24) is 5.32 Å². The smallest absolute Gasteiger partial charge is 0.126 e. The van der Waals surface area contributed by atoms with Crippen molar-refractivity contribution in [3.63, 3.8) is 0 Å². The summed E-state index contributed by atoms with van der Waals surface area (Å²) in [6, 6.07) is 4.16. The number of methoxy groups -OCH3 is 1. The van der Waals surface area contributed by atoms with Crippen molar-refractivity contribution in [2.45, 2.75) is 20.4 Å². The highest BCUT2D eigenvalue weighted by molar-refractivity contribution is 9.10. The molecular formula is C15H24BrNO3. The Morgan fingerprint density at radius 1 is 1.15 bits per heavy atom. The van der Waals surface area contributed by atoms with Crippen molar-refractivity contribution in [2.24, 2.45) is 0 Å². The van der Waals surface area contributed by atoms with Crippen LogP contribution in [0.4, 0.5) is 0 Å². The van der Waals surface area contributed by atoms with Crippen LogP contribution in [0.5, 0.6) is 5.75 Å². The van der Waals surface area contributed by atoms with E-state index in [0.29, 0.717) is 26.4 Å². The lowest BCUT2D eigenvalue weighted by molar-refractivity contribution is 0.0541. The zero-order valence-electron chi connectivity index (χ0n) is 12.5. The Bertz CT molecular complexity index is 399. The quantitative estimate of drug-likeness (QED) is 0.662. The molecule has 0 atom stereocenters. The minimum atomic E-state index is 0.547. The fourth-order valence-electron chi connectivity index (χ4n) is 1.84. The van der Waals surface area contributed by atoms with E-state index in [1.165, 1.54) is 0 Å². The zero-order valence-corrected chi connectivity index (χ0v) is 14.1. The molecule has 0 saturated carbocycles. The first-order chi connectivity index (χ1) is 9.69. The predicted octanol–water partition coefficient (Wildman–Crippen LogP) is 2.91. The van der Waals surface area contributed by atoms with Crippen molar-refractivity contribution >= 4 is 15.9 Å². The Kier molecular flexibility index (Phi) is 8.85. The second-order valence-electron chi connectivity index (χ2n) is 4.44. The summed E-state index contributed by atoms with van der Waals surface area (Å²) in [5.74, 6) is 0.949. The molecule has 0 aliphatic carbocycles. The number of rotatable bonds is 10. The van der Waals surface area contributed by atoms with Crippen LogP contribution in [0.3, 0.4) is 0 Å². The average molecular weight is 346 g/mol. The van der Waals surface area contributed by atoms with Gasteiger partial charge in [0.25, 0.3) is 0 Å². The number of benzene rings is 1. The monoisotopic (exact) mass is 345 g/mol. The summed E-state index contributed by atoms with van der Waals surface area (Å²) in [7, 11) is 1.66. The maximum Gasteiger partial charge on any atom is 0.126 e. The van der Waals surface area contributed by atoms with E-state index in [4.69, 9.17) is 14.2 Å². The molecule has 0 heterocycles. The maximum atomic E-state index is 5.87. The first-order valence-corrected chi connectivity index (χ1v) is 7.67. The number of halogens is 1. The highest BCUT2D eigenvalue weighted by atomic mass is 79.9. The molecule has 1 aromatic carbocycles. The lowest BCUT2D eigenvalue weighted by atomic mass is 10.1. The van der Waals surface area contributed by atoms with Gasteiger partial charge < -0.3 is 19.5 Å². The van der Waals surface area contributed by atoms with Gasteiger partial charge in [-0.15, -0.1) is 0 Å². The van der Waals surface area contributed by atoms with Gasteiger partial charge in [0, 0.05) is 23.7 Å². The first-order valence-electron chi connectivity index (χ1n) is 6.88. The molecule has 114 valence electrons. The summed E-state index contributed by atoms with van der Waals surface area (Å²) < 4.78 is 17.3. The Hall–Kier alpha value is -0.620. The van der Waals surface area contributed by atoms with Crippen LogP contribution in [0.1, 0.15) is 18.1 Å². The highest BCUT2D eigenvalue weighted by Crippen LogP contribution is 2.28. The van der Waals surface area contributed by atoms with Gasteiger partial charge in [-0.2, -0.15) is 0 Å². The number of ether oxygens (including phenoxy) is 3. The van der Waals surface area contributed by atoms with Crippen LogP contribution in [-0.4, -0.2) is 40.1 Å². The molecule has 0 saturated heterocycles. The lowest BCUT2D eigenvalue weighted by Gasteiger charge is -2.15. The molecule has 0 spiro atoms. The van der Waals surface area contributed by atoms with Gasteiger partial charge in [-0.25, -0.2) is 0 Å².